The Kier molecular flexibility index (Phi) is 3.15. The number of rotatable bonds is 3. The Hall–Kier alpha value is -1.93. The third-order valence-electron chi connectivity index (χ3n) is 5.53. The second-order valence-corrected chi connectivity index (χ2v) is 6.83. The summed E-state index contributed by atoms with van der Waals surface area (Å²) in [5, 5.41) is 20.0. The lowest BCUT2D eigenvalue weighted by Crippen LogP contribution is -2.91. The van der Waals surface area contributed by atoms with Crippen molar-refractivity contribution in [3.8, 4) is 12.1 Å². The maximum atomic E-state index is 10.1. The van der Waals surface area contributed by atoms with Crippen LogP contribution in [0.3, 0.4) is 0 Å². The fourth-order valence-electron chi connectivity index (χ4n) is 4.36. The van der Waals surface area contributed by atoms with Crippen molar-refractivity contribution >= 4 is 21.8 Å². The average molecular weight is 376 g/mol. The molecule has 1 aromatic carbocycles. The summed E-state index contributed by atoms with van der Waals surface area (Å²) in [7, 11) is 2.85. The van der Waals surface area contributed by atoms with E-state index in [9.17, 15) is 10.5 Å². The van der Waals surface area contributed by atoms with Crippen LogP contribution >= 0.6 is 15.9 Å². The van der Waals surface area contributed by atoms with Crippen LogP contribution in [-0.2, 0) is 14.9 Å². The molecular formula is C16H16BrN4O2+. The van der Waals surface area contributed by atoms with Crippen LogP contribution in [0, 0.1) is 33.5 Å². The molecule has 1 aromatic rings. The predicted molar refractivity (Wildman–Crippen MR) is 84.5 cm³/mol. The molecule has 0 unspecified atom stereocenters. The van der Waals surface area contributed by atoms with Gasteiger partial charge in [-0.3, -0.25) is 5.73 Å². The van der Waals surface area contributed by atoms with Gasteiger partial charge in [-0.05, 0) is 17.7 Å². The summed E-state index contributed by atoms with van der Waals surface area (Å²) >= 11 is 3.39. The fourth-order valence-corrected chi connectivity index (χ4v) is 4.63. The second-order valence-electron chi connectivity index (χ2n) is 5.92. The highest BCUT2D eigenvalue weighted by Crippen LogP contribution is 2.82. The van der Waals surface area contributed by atoms with E-state index in [1.54, 1.807) is 0 Å². The topological polar surface area (TPSA) is 106 Å². The zero-order valence-electron chi connectivity index (χ0n) is 13.0. The normalized spacial score (nSPS) is 36.5. The monoisotopic (exact) mass is 375 g/mol. The van der Waals surface area contributed by atoms with Gasteiger partial charge in [0.1, 0.15) is 0 Å². The Bertz CT molecular complexity index is 790. The first-order valence-electron chi connectivity index (χ1n) is 6.97. The number of nitrogens with one attached hydrogen (secondary N) is 1. The largest absolute Gasteiger partial charge is 0.343 e. The Labute approximate surface area is 142 Å². The number of amidine groups is 1. The molecule has 3 atom stereocenters. The van der Waals surface area contributed by atoms with Gasteiger partial charge in [-0.2, -0.15) is 10.5 Å². The molecule has 3 rings (SSSR count). The van der Waals surface area contributed by atoms with Crippen molar-refractivity contribution in [2.24, 2.45) is 16.6 Å². The van der Waals surface area contributed by atoms with Crippen molar-refractivity contribution in [3.05, 3.63) is 34.3 Å². The van der Waals surface area contributed by atoms with Gasteiger partial charge in [-0.25, -0.2) is 4.99 Å². The molecule has 6 nitrogen and oxygen atoms in total. The Morgan fingerprint density at radius 2 is 1.70 bits per heavy atom. The molecule has 1 aliphatic heterocycles. The summed E-state index contributed by atoms with van der Waals surface area (Å²) in [5.41, 5.74) is 3.57. The molecule has 0 amide bonds. The summed E-state index contributed by atoms with van der Waals surface area (Å²) in [6.45, 7) is 1.85. The highest BCUT2D eigenvalue weighted by Gasteiger charge is 3.02. The third kappa shape index (κ3) is 1.30. The number of nitrogens with two attached hydrogens (primary N) is 1. The van der Waals surface area contributed by atoms with Gasteiger partial charge in [0.2, 0.25) is 0 Å². The number of halogens is 1. The van der Waals surface area contributed by atoms with E-state index < -0.39 is 22.2 Å². The highest BCUT2D eigenvalue weighted by molar-refractivity contribution is 9.10. The molecule has 23 heavy (non-hydrogen) atoms. The first-order valence-corrected chi connectivity index (χ1v) is 7.76. The summed E-state index contributed by atoms with van der Waals surface area (Å²) < 4.78 is 11.9. The molecule has 0 bridgehead atoms. The molecule has 0 saturated heterocycles. The van der Waals surface area contributed by atoms with E-state index in [-0.39, 0.29) is 5.84 Å². The van der Waals surface area contributed by atoms with Crippen LogP contribution in [0.4, 0.5) is 0 Å². The molecule has 1 fully saturated rings. The Morgan fingerprint density at radius 1 is 1.13 bits per heavy atom. The minimum absolute atomic E-state index is 0.190. The molecule has 1 heterocycles. The summed E-state index contributed by atoms with van der Waals surface area (Å²) in [4.78, 5) is 2.88. The fraction of sp³-hybridized carbons (Fsp3) is 0.438. The molecule has 0 spiro atoms. The van der Waals surface area contributed by atoms with E-state index in [1.807, 2.05) is 31.2 Å². The van der Waals surface area contributed by atoms with Crippen LogP contribution in [0.1, 0.15) is 12.5 Å². The van der Waals surface area contributed by atoms with Crippen molar-refractivity contribution in [2.75, 3.05) is 14.2 Å². The number of benzene rings is 1. The lowest BCUT2D eigenvalue weighted by atomic mass is 9.84. The molecule has 1 saturated carbocycles. The van der Waals surface area contributed by atoms with Gasteiger partial charge < -0.3 is 9.47 Å². The lowest BCUT2D eigenvalue weighted by Gasteiger charge is -2.30. The zero-order valence-corrected chi connectivity index (χ0v) is 14.6. The molecule has 2 aliphatic rings. The molecule has 0 radical (unpaired) electrons. The number of nitrogens with zero attached hydrogens (tertiary/aromatic N) is 2. The standard InChI is InChI=1S/C16H15BrN4O2/c1-13(10-4-6-11(17)7-5-10)14(8-18)12(20)21-16(22-2,23-3)15(13,14)9-19/h4-7H,1-3H3,(H2,20,21)/p+1/t13-,14-,15+/m0/s1. The second kappa shape index (κ2) is 4.55. The SMILES string of the molecule is COC1(OC)[NH+]=C(N)[C@@]2(C#N)[C@](C)(c3ccc(Br)cc3)[C@@]12C#N. The van der Waals surface area contributed by atoms with Gasteiger partial charge in [0.15, 0.2) is 10.8 Å². The van der Waals surface area contributed by atoms with Crippen LogP contribution in [0.25, 0.3) is 0 Å². The molecule has 7 heteroatoms. The Balaban J connectivity index is 2.33. The van der Waals surface area contributed by atoms with Gasteiger partial charge >= 0.3 is 5.91 Å². The zero-order chi connectivity index (χ0) is 17.1. The van der Waals surface area contributed by atoms with Crippen molar-refractivity contribution in [1.29, 1.82) is 10.5 Å². The Morgan fingerprint density at radius 3 is 2.13 bits per heavy atom. The van der Waals surface area contributed by atoms with Crippen molar-refractivity contribution in [1.82, 2.24) is 0 Å². The van der Waals surface area contributed by atoms with Crippen molar-refractivity contribution in [2.45, 2.75) is 18.2 Å². The quantitative estimate of drug-likeness (QED) is 0.730. The summed E-state index contributed by atoms with van der Waals surface area (Å²) in [6, 6.07) is 12.0. The van der Waals surface area contributed by atoms with E-state index >= 15 is 0 Å². The van der Waals surface area contributed by atoms with E-state index in [1.165, 1.54) is 14.2 Å². The smallest absolute Gasteiger partial charge is 0.317 e. The van der Waals surface area contributed by atoms with Crippen molar-refractivity contribution < 1.29 is 14.5 Å². The first-order chi connectivity index (χ1) is 10.9. The van der Waals surface area contributed by atoms with E-state index in [4.69, 9.17) is 15.2 Å². The minimum Gasteiger partial charge on any atom is -0.317 e. The van der Waals surface area contributed by atoms with E-state index in [0.717, 1.165) is 10.0 Å². The number of methoxy groups -OCH3 is 2. The number of hydrogen-bond acceptors (Lipinski definition) is 5. The van der Waals surface area contributed by atoms with Gasteiger partial charge in [0.05, 0.1) is 17.6 Å². The van der Waals surface area contributed by atoms with E-state index in [0.29, 0.717) is 0 Å². The maximum Gasteiger partial charge on any atom is 0.343 e. The molecule has 0 aromatic heterocycles. The maximum absolute atomic E-state index is 10.1. The van der Waals surface area contributed by atoms with Crippen LogP contribution in [0.2, 0.25) is 0 Å². The number of nitriles is 2. The summed E-state index contributed by atoms with van der Waals surface area (Å²) in [6.07, 6.45) is 0. The van der Waals surface area contributed by atoms with Gasteiger partial charge in [0.25, 0.3) is 5.84 Å². The van der Waals surface area contributed by atoms with Gasteiger partial charge in [-0.1, -0.05) is 35.0 Å². The van der Waals surface area contributed by atoms with Gasteiger partial charge in [0, 0.05) is 18.7 Å². The van der Waals surface area contributed by atoms with Crippen LogP contribution in [0.5, 0.6) is 0 Å². The predicted octanol–water partition coefficient (Wildman–Crippen LogP) is 0.138. The van der Waals surface area contributed by atoms with Crippen molar-refractivity contribution in [3.63, 3.8) is 0 Å². The minimum atomic E-state index is -1.48. The highest BCUT2D eigenvalue weighted by atomic mass is 79.9. The lowest BCUT2D eigenvalue weighted by molar-refractivity contribution is -0.688. The van der Waals surface area contributed by atoms with Crippen LogP contribution < -0.4 is 10.7 Å². The average Bonchev–Trinajstić information content (AvgIpc) is 2.97. The van der Waals surface area contributed by atoms with E-state index in [2.05, 4.69) is 33.1 Å². The summed E-state index contributed by atoms with van der Waals surface area (Å²) in [5.74, 6) is -1.29. The molecule has 1 aliphatic carbocycles. The molecular weight excluding hydrogens is 360 g/mol. The number of ether oxygens (including phenoxy) is 2. The third-order valence-corrected chi connectivity index (χ3v) is 6.06. The van der Waals surface area contributed by atoms with Gasteiger partial charge in [-0.15, -0.1) is 0 Å². The first kappa shape index (κ1) is 15.9. The molecule has 118 valence electrons. The number of fused-ring (bicyclic) bond motifs is 1. The molecule has 3 N–H and O–H groups in total. The van der Waals surface area contributed by atoms with Crippen LogP contribution in [0.15, 0.2) is 28.7 Å². The van der Waals surface area contributed by atoms with Crippen LogP contribution in [-0.4, -0.2) is 26.0 Å². The number of hydrogen-bond donors (Lipinski definition) is 2.